The molecule has 0 saturated carbocycles. The lowest BCUT2D eigenvalue weighted by Gasteiger charge is -2.24. The smallest absolute Gasteiger partial charge is 0.244 e. The molecule has 0 fully saturated rings. The Morgan fingerprint density at radius 2 is 2.11 bits per heavy atom. The predicted molar refractivity (Wildman–Crippen MR) is 71.0 cm³/mol. The highest BCUT2D eigenvalue weighted by atomic mass is 16.3. The van der Waals surface area contributed by atoms with Crippen LogP contribution in [-0.4, -0.2) is 23.2 Å². The Hall–Kier alpha value is -1.55. The van der Waals surface area contributed by atoms with Crippen molar-refractivity contribution in [3.63, 3.8) is 0 Å². The number of nitrogens with one attached hydrogen (secondary N) is 1. The number of rotatable bonds is 6. The van der Waals surface area contributed by atoms with Gasteiger partial charge in [-0.15, -0.1) is 0 Å². The molecule has 0 aliphatic heterocycles. The van der Waals surface area contributed by atoms with Crippen LogP contribution < -0.4 is 5.32 Å². The minimum atomic E-state index is -0.815. The van der Waals surface area contributed by atoms with Crippen LogP contribution >= 0.6 is 0 Å². The van der Waals surface area contributed by atoms with Gasteiger partial charge >= 0.3 is 0 Å². The molecule has 0 aromatic carbocycles. The third kappa shape index (κ3) is 4.37. The summed E-state index contributed by atoms with van der Waals surface area (Å²) in [7, 11) is 0. The number of amides is 1. The highest BCUT2D eigenvalue weighted by Gasteiger charge is 2.22. The predicted octanol–water partition coefficient (Wildman–Crippen LogP) is 2.27. The zero-order chi connectivity index (χ0) is 13.6. The van der Waals surface area contributed by atoms with Gasteiger partial charge in [0.25, 0.3) is 0 Å². The van der Waals surface area contributed by atoms with Gasteiger partial charge in [0.1, 0.15) is 11.5 Å². The van der Waals surface area contributed by atoms with Crippen LogP contribution in [0.5, 0.6) is 0 Å². The fourth-order valence-corrected chi connectivity index (χ4v) is 1.51. The van der Waals surface area contributed by atoms with Gasteiger partial charge < -0.3 is 14.8 Å². The summed E-state index contributed by atoms with van der Waals surface area (Å²) in [6, 6.07) is 3.64. The van der Waals surface area contributed by atoms with Crippen molar-refractivity contribution in [2.45, 2.75) is 39.2 Å². The van der Waals surface area contributed by atoms with E-state index in [1.807, 2.05) is 26.8 Å². The maximum absolute atomic E-state index is 11.6. The lowest BCUT2D eigenvalue weighted by molar-refractivity contribution is -0.117. The summed E-state index contributed by atoms with van der Waals surface area (Å²) in [5.41, 5.74) is -0.815. The van der Waals surface area contributed by atoms with Crippen LogP contribution in [0.4, 0.5) is 0 Å². The molecule has 2 N–H and O–H groups in total. The molecule has 0 radical (unpaired) electrons. The molecule has 0 bridgehead atoms. The molecule has 1 aromatic rings. The Bertz CT molecular complexity index is 416. The summed E-state index contributed by atoms with van der Waals surface area (Å²) in [4.78, 5) is 11.6. The number of furan rings is 1. The topological polar surface area (TPSA) is 62.5 Å². The summed E-state index contributed by atoms with van der Waals surface area (Å²) in [6.07, 6.45) is 4.25. The van der Waals surface area contributed by atoms with Crippen molar-refractivity contribution in [1.29, 1.82) is 0 Å². The molecule has 0 aliphatic carbocycles. The molecule has 1 amide bonds. The average Bonchev–Trinajstić information content (AvgIpc) is 2.79. The molecule has 0 unspecified atom stereocenters. The second-order valence-electron chi connectivity index (χ2n) is 4.43. The molecule has 0 saturated heterocycles. The second kappa shape index (κ2) is 6.40. The molecule has 1 heterocycles. The van der Waals surface area contributed by atoms with Gasteiger partial charge in [0.2, 0.25) is 5.91 Å². The SMILES string of the molecule is CCC(O)(CC)CNC(=O)C=Cc1ccc(C)o1. The maximum Gasteiger partial charge on any atom is 0.244 e. The molecule has 0 aliphatic rings. The Kier molecular flexibility index (Phi) is 5.16. The van der Waals surface area contributed by atoms with Crippen LogP contribution in [0.3, 0.4) is 0 Å². The minimum Gasteiger partial charge on any atom is -0.462 e. The van der Waals surface area contributed by atoms with Gasteiger partial charge in [-0.3, -0.25) is 4.79 Å². The lowest BCUT2D eigenvalue weighted by Crippen LogP contribution is -2.41. The minimum absolute atomic E-state index is 0.232. The van der Waals surface area contributed by atoms with E-state index in [1.165, 1.54) is 6.08 Å². The van der Waals surface area contributed by atoms with Gasteiger partial charge in [-0.2, -0.15) is 0 Å². The van der Waals surface area contributed by atoms with E-state index in [2.05, 4.69) is 5.32 Å². The van der Waals surface area contributed by atoms with Gasteiger partial charge in [-0.1, -0.05) is 13.8 Å². The van der Waals surface area contributed by atoms with E-state index in [4.69, 9.17) is 4.42 Å². The van der Waals surface area contributed by atoms with Gasteiger partial charge in [0.15, 0.2) is 0 Å². The monoisotopic (exact) mass is 251 g/mol. The summed E-state index contributed by atoms with van der Waals surface area (Å²) in [5, 5.41) is 12.7. The van der Waals surface area contributed by atoms with E-state index in [-0.39, 0.29) is 12.5 Å². The van der Waals surface area contributed by atoms with Crippen molar-refractivity contribution in [2.24, 2.45) is 0 Å². The van der Waals surface area contributed by atoms with Gasteiger partial charge in [-0.05, 0) is 38.0 Å². The summed E-state index contributed by atoms with van der Waals surface area (Å²) in [6.45, 7) is 5.91. The molecular formula is C14H21NO3. The zero-order valence-electron chi connectivity index (χ0n) is 11.2. The first-order valence-electron chi connectivity index (χ1n) is 6.24. The molecule has 1 aromatic heterocycles. The number of carbonyl (C=O) groups excluding carboxylic acids is 1. The number of hydrogen-bond acceptors (Lipinski definition) is 3. The first-order valence-corrected chi connectivity index (χ1v) is 6.24. The third-order valence-electron chi connectivity index (χ3n) is 3.07. The van der Waals surface area contributed by atoms with Gasteiger partial charge in [0.05, 0.1) is 5.60 Å². The average molecular weight is 251 g/mol. The van der Waals surface area contributed by atoms with Crippen LogP contribution in [0.25, 0.3) is 6.08 Å². The highest BCUT2D eigenvalue weighted by Crippen LogP contribution is 2.13. The van der Waals surface area contributed by atoms with Gasteiger partial charge in [-0.25, -0.2) is 0 Å². The molecule has 0 atom stereocenters. The van der Waals surface area contributed by atoms with Crippen molar-refractivity contribution in [3.05, 3.63) is 29.7 Å². The second-order valence-corrected chi connectivity index (χ2v) is 4.43. The molecule has 4 nitrogen and oxygen atoms in total. The van der Waals surface area contributed by atoms with Crippen molar-refractivity contribution in [3.8, 4) is 0 Å². The highest BCUT2D eigenvalue weighted by molar-refractivity contribution is 5.91. The van der Waals surface area contributed by atoms with E-state index in [1.54, 1.807) is 12.1 Å². The standard InChI is InChI=1S/C14H21NO3/c1-4-14(17,5-2)10-15-13(16)9-8-12-7-6-11(3)18-12/h6-9,17H,4-5,10H2,1-3H3,(H,15,16). The van der Waals surface area contributed by atoms with Crippen molar-refractivity contribution in [2.75, 3.05) is 6.54 Å². The fourth-order valence-electron chi connectivity index (χ4n) is 1.51. The van der Waals surface area contributed by atoms with E-state index < -0.39 is 5.60 Å². The third-order valence-corrected chi connectivity index (χ3v) is 3.07. The quantitative estimate of drug-likeness (QED) is 0.762. The first kappa shape index (κ1) is 14.5. The normalized spacial score (nSPS) is 12.0. The Balaban J connectivity index is 2.45. The molecule has 4 heteroatoms. The van der Waals surface area contributed by atoms with E-state index in [0.717, 1.165) is 5.76 Å². The lowest BCUT2D eigenvalue weighted by atomic mass is 9.98. The van der Waals surface area contributed by atoms with Crippen molar-refractivity contribution in [1.82, 2.24) is 5.32 Å². The summed E-state index contributed by atoms with van der Waals surface area (Å²) >= 11 is 0. The summed E-state index contributed by atoms with van der Waals surface area (Å²) in [5.74, 6) is 1.22. The largest absolute Gasteiger partial charge is 0.462 e. The van der Waals surface area contributed by atoms with Crippen molar-refractivity contribution < 1.29 is 14.3 Å². The van der Waals surface area contributed by atoms with E-state index in [9.17, 15) is 9.90 Å². The van der Waals surface area contributed by atoms with Crippen LogP contribution in [0.15, 0.2) is 22.6 Å². The van der Waals surface area contributed by atoms with Crippen LogP contribution in [0.1, 0.15) is 38.2 Å². The Morgan fingerprint density at radius 1 is 1.44 bits per heavy atom. The Morgan fingerprint density at radius 3 is 2.61 bits per heavy atom. The number of hydrogen-bond donors (Lipinski definition) is 2. The van der Waals surface area contributed by atoms with Crippen LogP contribution in [0, 0.1) is 6.92 Å². The first-order chi connectivity index (χ1) is 8.49. The molecular weight excluding hydrogens is 230 g/mol. The number of aliphatic hydroxyl groups is 1. The number of aryl methyl sites for hydroxylation is 1. The van der Waals surface area contributed by atoms with E-state index >= 15 is 0 Å². The zero-order valence-corrected chi connectivity index (χ0v) is 11.2. The van der Waals surface area contributed by atoms with Crippen LogP contribution in [0.2, 0.25) is 0 Å². The maximum atomic E-state index is 11.6. The summed E-state index contributed by atoms with van der Waals surface area (Å²) < 4.78 is 5.31. The van der Waals surface area contributed by atoms with Gasteiger partial charge in [0, 0.05) is 12.6 Å². The Labute approximate surface area is 108 Å². The fraction of sp³-hybridized carbons (Fsp3) is 0.500. The molecule has 18 heavy (non-hydrogen) atoms. The van der Waals surface area contributed by atoms with E-state index in [0.29, 0.717) is 18.6 Å². The molecule has 1 rings (SSSR count). The molecule has 0 spiro atoms. The number of carbonyl (C=O) groups is 1. The van der Waals surface area contributed by atoms with Crippen LogP contribution in [-0.2, 0) is 4.79 Å². The molecule has 100 valence electrons. The van der Waals surface area contributed by atoms with Crippen molar-refractivity contribution >= 4 is 12.0 Å².